The summed E-state index contributed by atoms with van der Waals surface area (Å²) in [6.45, 7) is 0.218. The first-order chi connectivity index (χ1) is 15.0. The molecule has 1 amide bonds. The predicted molar refractivity (Wildman–Crippen MR) is 117 cm³/mol. The maximum atomic E-state index is 12.1. The fraction of sp³-hybridized carbons (Fsp3) is 0.0909. The summed E-state index contributed by atoms with van der Waals surface area (Å²) >= 11 is 5.99. The fourth-order valence-corrected chi connectivity index (χ4v) is 2.85. The number of nitrogens with one attached hydrogen (secondary N) is 1. The molecule has 0 aliphatic heterocycles. The van der Waals surface area contributed by atoms with E-state index in [1.54, 1.807) is 54.6 Å². The second-order valence-electron chi connectivity index (χ2n) is 6.30. The number of hydrazone groups is 1. The molecule has 3 aromatic rings. The van der Waals surface area contributed by atoms with Crippen molar-refractivity contribution in [3.05, 3.63) is 98.6 Å². The van der Waals surface area contributed by atoms with Gasteiger partial charge in [0.2, 0.25) is 0 Å². The van der Waals surface area contributed by atoms with Crippen molar-refractivity contribution in [2.75, 3.05) is 7.11 Å². The van der Waals surface area contributed by atoms with E-state index < -0.39 is 10.8 Å². The Kier molecular flexibility index (Phi) is 7.18. The van der Waals surface area contributed by atoms with Crippen LogP contribution >= 0.6 is 11.6 Å². The molecule has 0 aliphatic rings. The Balaban J connectivity index is 1.62. The number of benzene rings is 3. The molecular formula is C22H18ClN3O5. The number of methoxy groups -OCH3 is 1. The first-order valence-corrected chi connectivity index (χ1v) is 9.48. The van der Waals surface area contributed by atoms with Gasteiger partial charge in [0.05, 0.1) is 28.8 Å². The number of hydrogen-bond donors (Lipinski definition) is 1. The van der Waals surface area contributed by atoms with E-state index >= 15 is 0 Å². The van der Waals surface area contributed by atoms with E-state index in [9.17, 15) is 14.9 Å². The molecule has 0 heterocycles. The van der Waals surface area contributed by atoms with Crippen LogP contribution in [0.3, 0.4) is 0 Å². The summed E-state index contributed by atoms with van der Waals surface area (Å²) < 4.78 is 11.1. The summed E-state index contributed by atoms with van der Waals surface area (Å²) in [6.07, 6.45) is 1.47. The number of nitro benzene ring substituents is 1. The van der Waals surface area contributed by atoms with Crippen LogP contribution < -0.4 is 14.9 Å². The van der Waals surface area contributed by atoms with E-state index in [-0.39, 0.29) is 12.3 Å². The second-order valence-corrected chi connectivity index (χ2v) is 6.71. The monoisotopic (exact) mass is 439 g/mol. The molecular weight excluding hydrogens is 422 g/mol. The van der Waals surface area contributed by atoms with E-state index in [1.807, 2.05) is 0 Å². The van der Waals surface area contributed by atoms with Crippen molar-refractivity contribution >= 4 is 29.4 Å². The van der Waals surface area contributed by atoms with Gasteiger partial charge in [-0.1, -0.05) is 23.7 Å². The van der Waals surface area contributed by atoms with Crippen molar-refractivity contribution < 1.29 is 19.2 Å². The smallest absolute Gasteiger partial charge is 0.272 e. The van der Waals surface area contributed by atoms with Crippen LogP contribution in [0.1, 0.15) is 21.5 Å². The van der Waals surface area contributed by atoms with Gasteiger partial charge in [-0.3, -0.25) is 14.9 Å². The molecule has 0 saturated heterocycles. The number of nitro groups is 1. The lowest BCUT2D eigenvalue weighted by atomic mass is 10.2. The molecule has 0 aromatic heterocycles. The third kappa shape index (κ3) is 5.80. The Hall–Kier alpha value is -3.91. The van der Waals surface area contributed by atoms with Gasteiger partial charge >= 0.3 is 0 Å². The Morgan fingerprint density at radius 2 is 1.87 bits per heavy atom. The minimum Gasteiger partial charge on any atom is -0.493 e. The second kappa shape index (κ2) is 10.2. The van der Waals surface area contributed by atoms with Crippen molar-refractivity contribution in [1.82, 2.24) is 5.43 Å². The molecule has 0 bridgehead atoms. The predicted octanol–water partition coefficient (Wildman–Crippen LogP) is 4.60. The number of rotatable bonds is 8. The van der Waals surface area contributed by atoms with Crippen molar-refractivity contribution in [3.8, 4) is 11.5 Å². The Bertz CT molecular complexity index is 1120. The lowest BCUT2D eigenvalue weighted by molar-refractivity contribution is -0.384. The first-order valence-electron chi connectivity index (χ1n) is 9.10. The molecule has 0 saturated carbocycles. The van der Waals surface area contributed by atoms with Crippen molar-refractivity contribution in [1.29, 1.82) is 0 Å². The minimum atomic E-state index is -0.454. The Labute approximate surface area is 183 Å². The van der Waals surface area contributed by atoms with Gasteiger partial charge in [-0.25, -0.2) is 5.43 Å². The van der Waals surface area contributed by atoms with Crippen LogP contribution in [-0.4, -0.2) is 24.2 Å². The third-order valence-electron chi connectivity index (χ3n) is 4.23. The van der Waals surface area contributed by atoms with E-state index in [0.29, 0.717) is 27.6 Å². The Morgan fingerprint density at radius 3 is 2.55 bits per heavy atom. The number of nitrogens with zero attached hydrogens (tertiary/aromatic N) is 2. The third-order valence-corrected chi connectivity index (χ3v) is 4.56. The average Bonchev–Trinajstić information content (AvgIpc) is 2.78. The number of non-ortho nitro benzene ring substituents is 1. The van der Waals surface area contributed by atoms with Crippen LogP contribution in [0.25, 0.3) is 0 Å². The Morgan fingerprint density at radius 1 is 1.13 bits per heavy atom. The molecule has 8 nitrogen and oxygen atoms in total. The molecule has 3 rings (SSSR count). The average molecular weight is 440 g/mol. The topological polar surface area (TPSA) is 103 Å². The van der Waals surface area contributed by atoms with Gasteiger partial charge in [0.15, 0.2) is 11.5 Å². The highest BCUT2D eigenvalue weighted by molar-refractivity contribution is 6.33. The quantitative estimate of drug-likeness (QED) is 0.314. The van der Waals surface area contributed by atoms with Gasteiger partial charge in [0.1, 0.15) is 6.61 Å². The van der Waals surface area contributed by atoms with Gasteiger partial charge in [-0.15, -0.1) is 0 Å². The molecule has 0 radical (unpaired) electrons. The molecule has 1 N–H and O–H groups in total. The highest BCUT2D eigenvalue weighted by atomic mass is 35.5. The van der Waals surface area contributed by atoms with E-state index in [0.717, 1.165) is 5.56 Å². The summed E-state index contributed by atoms with van der Waals surface area (Å²) in [6, 6.07) is 18.0. The largest absolute Gasteiger partial charge is 0.493 e. The molecule has 9 heteroatoms. The molecule has 0 fully saturated rings. The normalized spacial score (nSPS) is 10.6. The summed E-state index contributed by atoms with van der Waals surface area (Å²) in [5.74, 6) is 0.554. The molecule has 0 atom stereocenters. The molecule has 158 valence electrons. The lowest BCUT2D eigenvalue weighted by Crippen LogP contribution is -2.17. The highest BCUT2D eigenvalue weighted by Gasteiger charge is 2.09. The summed E-state index contributed by atoms with van der Waals surface area (Å²) in [5.41, 5.74) is 4.23. The zero-order valence-corrected chi connectivity index (χ0v) is 17.2. The lowest BCUT2D eigenvalue weighted by Gasteiger charge is -2.11. The van der Waals surface area contributed by atoms with Gasteiger partial charge < -0.3 is 9.47 Å². The zero-order chi connectivity index (χ0) is 22.2. The molecule has 31 heavy (non-hydrogen) atoms. The maximum absolute atomic E-state index is 12.1. The van der Waals surface area contributed by atoms with Crippen LogP contribution in [0.5, 0.6) is 11.5 Å². The van der Waals surface area contributed by atoms with Crippen LogP contribution in [0, 0.1) is 10.1 Å². The SMILES string of the molecule is COc1cc(/C=N\NC(=O)c2ccccc2Cl)ccc1OCc1ccc([N+](=O)[O-])cc1. The van der Waals surface area contributed by atoms with Gasteiger partial charge in [-0.2, -0.15) is 5.10 Å². The van der Waals surface area contributed by atoms with Crippen molar-refractivity contribution in [2.45, 2.75) is 6.61 Å². The van der Waals surface area contributed by atoms with E-state index in [4.69, 9.17) is 21.1 Å². The molecule has 0 unspecified atom stereocenters. The minimum absolute atomic E-state index is 0.0200. The zero-order valence-electron chi connectivity index (χ0n) is 16.4. The van der Waals surface area contributed by atoms with Crippen LogP contribution in [0.15, 0.2) is 71.8 Å². The summed E-state index contributed by atoms with van der Waals surface area (Å²) in [5, 5.41) is 15.0. The van der Waals surface area contributed by atoms with Crippen molar-refractivity contribution in [2.24, 2.45) is 5.10 Å². The number of carbonyl (C=O) groups is 1. The number of hydrogen-bond acceptors (Lipinski definition) is 6. The number of carbonyl (C=O) groups excluding carboxylic acids is 1. The molecule has 3 aromatic carbocycles. The summed E-state index contributed by atoms with van der Waals surface area (Å²) in [7, 11) is 1.51. The maximum Gasteiger partial charge on any atom is 0.272 e. The number of halogens is 1. The van der Waals surface area contributed by atoms with E-state index in [2.05, 4.69) is 10.5 Å². The van der Waals surface area contributed by atoms with E-state index in [1.165, 1.54) is 25.5 Å². The first kappa shape index (κ1) is 21.8. The van der Waals surface area contributed by atoms with Gasteiger partial charge in [0, 0.05) is 12.1 Å². The fourth-order valence-electron chi connectivity index (χ4n) is 2.63. The number of ether oxygens (including phenoxy) is 2. The highest BCUT2D eigenvalue weighted by Crippen LogP contribution is 2.28. The number of amides is 1. The van der Waals surface area contributed by atoms with Gasteiger partial charge in [-0.05, 0) is 53.6 Å². The standard InChI is InChI=1S/C22H18ClN3O5/c1-30-21-12-16(13-24-25-22(27)18-4-2-3-5-19(18)23)8-11-20(21)31-14-15-6-9-17(10-7-15)26(28)29/h2-13H,14H2,1H3,(H,25,27)/b24-13-. The van der Waals surface area contributed by atoms with Gasteiger partial charge in [0.25, 0.3) is 11.6 Å². The molecule has 0 spiro atoms. The van der Waals surface area contributed by atoms with Crippen LogP contribution in [0.2, 0.25) is 5.02 Å². The van der Waals surface area contributed by atoms with Crippen molar-refractivity contribution in [3.63, 3.8) is 0 Å². The van der Waals surface area contributed by atoms with Crippen LogP contribution in [0.4, 0.5) is 5.69 Å². The van der Waals surface area contributed by atoms with Crippen LogP contribution in [-0.2, 0) is 6.61 Å². The summed E-state index contributed by atoms with van der Waals surface area (Å²) in [4.78, 5) is 22.4. The molecule has 0 aliphatic carbocycles.